The molecule has 1 saturated carbocycles. The van der Waals surface area contributed by atoms with Gasteiger partial charge in [0, 0.05) is 32.5 Å². The molecule has 1 saturated heterocycles. The number of nitrogens with one attached hydrogen (secondary N) is 1. The Hall–Kier alpha value is -1.89. The number of nitrogens with zero attached hydrogens (tertiary/aromatic N) is 1. The summed E-state index contributed by atoms with van der Waals surface area (Å²) in [5, 5.41) is 12.9. The Morgan fingerprint density at radius 2 is 1.78 bits per heavy atom. The first-order valence-electron chi connectivity index (χ1n) is 13.5. The molecule has 1 heterocycles. The number of aldehydes is 1. The van der Waals surface area contributed by atoms with E-state index in [0.29, 0.717) is 12.6 Å². The van der Waals surface area contributed by atoms with E-state index in [4.69, 9.17) is 5.73 Å². The highest BCUT2D eigenvalue weighted by atomic mass is 16.4. The highest BCUT2D eigenvalue weighted by molar-refractivity contribution is 5.59. The lowest BCUT2D eigenvalue weighted by Gasteiger charge is -2.28. The van der Waals surface area contributed by atoms with Gasteiger partial charge in [-0.1, -0.05) is 64.8 Å². The molecule has 3 unspecified atom stereocenters. The largest absolute Gasteiger partial charge is 0.393 e. The molecule has 1 aromatic rings. The van der Waals surface area contributed by atoms with Crippen molar-refractivity contribution in [1.29, 1.82) is 0 Å². The molecular formula is C30H55N3O3. The monoisotopic (exact) mass is 505 g/mol. The van der Waals surface area contributed by atoms with Gasteiger partial charge in [-0.25, -0.2) is 0 Å². The highest BCUT2D eigenvalue weighted by Gasteiger charge is 2.26. The standard InChI is InChI=1S/C16H26N2O.C8H15NO.C4H8.C2H6O/c1-13-6-8-14(9-7-13)18-11-3-4-15(18)12-16(19)5-2-10-17;1-5-9-7(6-10)8(2,3)4;1-4-2-3-4;1-3-2/h6-9,15-16,19H,2-5,10-12,17H2,1H3;5-7,9H,1H2,2-4H3;4H,2-3H2,1H3;1-2H3. The zero-order valence-electron chi connectivity index (χ0n) is 24.1. The van der Waals surface area contributed by atoms with E-state index in [1.165, 1.54) is 36.9 Å². The highest BCUT2D eigenvalue weighted by Crippen LogP contribution is 2.29. The number of carbonyl (C=O) groups excluding carboxylic acids is 1. The predicted molar refractivity (Wildman–Crippen MR) is 154 cm³/mol. The summed E-state index contributed by atoms with van der Waals surface area (Å²) in [6.07, 6.45) is 10.2. The van der Waals surface area contributed by atoms with Crippen LogP contribution in [0.25, 0.3) is 0 Å². The number of carbonyl (C=O) groups is 1. The molecule has 1 aromatic carbocycles. The molecule has 0 bridgehead atoms. The van der Waals surface area contributed by atoms with Crippen LogP contribution in [0.2, 0.25) is 0 Å². The molecule has 0 aromatic heterocycles. The minimum Gasteiger partial charge on any atom is -0.393 e. The van der Waals surface area contributed by atoms with Crippen molar-refractivity contribution in [2.75, 3.05) is 32.2 Å². The van der Waals surface area contributed by atoms with Gasteiger partial charge in [0.25, 0.3) is 0 Å². The molecule has 4 N–H and O–H groups in total. The predicted octanol–water partition coefficient (Wildman–Crippen LogP) is 5.47. The van der Waals surface area contributed by atoms with Gasteiger partial charge in [-0.05, 0) is 75.2 Å². The fraction of sp³-hybridized carbons (Fsp3) is 0.700. The second-order valence-electron chi connectivity index (χ2n) is 11.1. The van der Waals surface area contributed by atoms with Crippen LogP contribution in [0.4, 0.5) is 5.69 Å². The third kappa shape index (κ3) is 16.0. The average Bonchev–Trinajstić information content (AvgIpc) is 3.47. The first-order chi connectivity index (χ1) is 17.0. The summed E-state index contributed by atoms with van der Waals surface area (Å²) >= 11 is 0. The Balaban J connectivity index is 0.000000598. The van der Waals surface area contributed by atoms with Crippen LogP contribution in [0.3, 0.4) is 0 Å². The molecule has 0 amide bonds. The van der Waals surface area contributed by atoms with Gasteiger partial charge in [0.15, 0.2) is 0 Å². The third-order valence-corrected chi connectivity index (χ3v) is 6.26. The molecule has 1 aliphatic carbocycles. The lowest BCUT2D eigenvalue weighted by molar-refractivity contribution is -0.111. The summed E-state index contributed by atoms with van der Waals surface area (Å²) < 4.78 is 4.25. The second-order valence-corrected chi connectivity index (χ2v) is 11.1. The number of nitrogens with two attached hydrogens (primary N) is 1. The second kappa shape index (κ2) is 19.3. The summed E-state index contributed by atoms with van der Waals surface area (Å²) in [5.41, 5.74) is 8.05. The van der Waals surface area contributed by atoms with E-state index >= 15 is 0 Å². The summed E-state index contributed by atoms with van der Waals surface area (Å²) in [6.45, 7) is 15.7. The molecule has 0 spiro atoms. The summed E-state index contributed by atoms with van der Waals surface area (Å²) in [4.78, 5) is 12.9. The fourth-order valence-corrected chi connectivity index (χ4v) is 3.73. The maximum absolute atomic E-state index is 10.4. The van der Waals surface area contributed by atoms with E-state index in [9.17, 15) is 9.90 Å². The molecule has 6 heteroatoms. The van der Waals surface area contributed by atoms with Crippen LogP contribution in [0.1, 0.15) is 78.2 Å². The van der Waals surface area contributed by atoms with Crippen molar-refractivity contribution in [3.05, 3.63) is 42.6 Å². The Kier molecular flexibility index (Phi) is 18.2. The van der Waals surface area contributed by atoms with Gasteiger partial charge in [0.2, 0.25) is 0 Å². The molecule has 2 fully saturated rings. The van der Waals surface area contributed by atoms with E-state index in [-0.39, 0.29) is 17.6 Å². The number of hydrogen-bond donors (Lipinski definition) is 3. The molecule has 6 nitrogen and oxygen atoms in total. The molecule has 36 heavy (non-hydrogen) atoms. The molecular weight excluding hydrogens is 450 g/mol. The van der Waals surface area contributed by atoms with Gasteiger partial charge in [-0.15, -0.1) is 0 Å². The summed E-state index contributed by atoms with van der Waals surface area (Å²) in [6, 6.07) is 9.06. The SMILES string of the molecule is C=CNC(C=O)C(C)(C)C.CC1CC1.COC.Cc1ccc(N2CCCC2CC(O)CCCN)cc1. The van der Waals surface area contributed by atoms with Gasteiger partial charge in [0.05, 0.1) is 12.1 Å². The first-order valence-corrected chi connectivity index (χ1v) is 13.5. The van der Waals surface area contributed by atoms with Crippen LogP contribution in [-0.2, 0) is 9.53 Å². The molecule has 3 atom stereocenters. The smallest absolute Gasteiger partial charge is 0.142 e. The van der Waals surface area contributed by atoms with E-state index < -0.39 is 0 Å². The van der Waals surface area contributed by atoms with E-state index in [2.05, 4.69) is 59.6 Å². The molecule has 208 valence electrons. The Labute approximate surface area is 221 Å². The van der Waals surface area contributed by atoms with Crippen LogP contribution in [0, 0.1) is 18.3 Å². The fourth-order valence-electron chi connectivity index (χ4n) is 3.73. The van der Waals surface area contributed by atoms with Gasteiger partial charge in [0.1, 0.15) is 6.29 Å². The zero-order valence-corrected chi connectivity index (χ0v) is 24.1. The van der Waals surface area contributed by atoms with Crippen molar-refractivity contribution in [2.45, 2.75) is 97.8 Å². The van der Waals surface area contributed by atoms with Crippen molar-refractivity contribution in [3.63, 3.8) is 0 Å². The topological polar surface area (TPSA) is 87.8 Å². The Morgan fingerprint density at radius 1 is 1.22 bits per heavy atom. The van der Waals surface area contributed by atoms with Crippen LogP contribution >= 0.6 is 0 Å². The van der Waals surface area contributed by atoms with Crippen molar-refractivity contribution in [3.8, 4) is 0 Å². The van der Waals surface area contributed by atoms with E-state index in [1.54, 1.807) is 20.4 Å². The average molecular weight is 506 g/mol. The Bertz CT molecular complexity index is 684. The van der Waals surface area contributed by atoms with Crippen LogP contribution < -0.4 is 16.0 Å². The van der Waals surface area contributed by atoms with Crippen molar-refractivity contribution in [2.24, 2.45) is 17.1 Å². The number of ether oxygens (including phenoxy) is 1. The first kappa shape index (κ1) is 34.1. The number of methoxy groups -OCH3 is 1. The van der Waals surface area contributed by atoms with Crippen LogP contribution in [0.15, 0.2) is 37.0 Å². The zero-order chi connectivity index (χ0) is 27.6. The maximum Gasteiger partial charge on any atom is 0.142 e. The number of rotatable bonds is 9. The van der Waals surface area contributed by atoms with E-state index in [1.807, 2.05) is 20.8 Å². The number of aliphatic hydroxyl groups is 1. The van der Waals surface area contributed by atoms with Gasteiger partial charge in [-0.2, -0.15) is 0 Å². The van der Waals surface area contributed by atoms with Crippen molar-refractivity contribution < 1.29 is 14.6 Å². The van der Waals surface area contributed by atoms with Crippen molar-refractivity contribution >= 4 is 12.0 Å². The van der Waals surface area contributed by atoms with Gasteiger partial charge in [-0.3, -0.25) is 0 Å². The number of aliphatic hydroxyl groups excluding tert-OH is 1. The lowest BCUT2D eigenvalue weighted by Crippen LogP contribution is -2.38. The number of hydrogen-bond acceptors (Lipinski definition) is 6. The summed E-state index contributed by atoms with van der Waals surface area (Å²) in [7, 11) is 3.25. The van der Waals surface area contributed by atoms with Crippen molar-refractivity contribution in [1.82, 2.24) is 5.32 Å². The summed E-state index contributed by atoms with van der Waals surface area (Å²) in [5.74, 6) is 1.08. The van der Waals surface area contributed by atoms with Crippen LogP contribution in [0.5, 0.6) is 0 Å². The molecule has 2 aliphatic rings. The minimum absolute atomic E-state index is 0.0318. The molecule has 3 rings (SSSR count). The number of anilines is 1. The third-order valence-electron chi connectivity index (χ3n) is 6.26. The number of aryl methyl sites for hydroxylation is 1. The van der Waals surface area contributed by atoms with Gasteiger partial charge < -0.3 is 30.6 Å². The Morgan fingerprint density at radius 3 is 2.17 bits per heavy atom. The van der Waals surface area contributed by atoms with Crippen LogP contribution in [-0.4, -0.2) is 56.9 Å². The maximum atomic E-state index is 10.4. The quantitative estimate of drug-likeness (QED) is 0.386. The number of benzene rings is 1. The van der Waals surface area contributed by atoms with E-state index in [0.717, 1.165) is 38.0 Å². The minimum atomic E-state index is -0.209. The van der Waals surface area contributed by atoms with Gasteiger partial charge >= 0.3 is 0 Å². The molecule has 0 radical (unpaired) electrons. The normalized spacial score (nSPS) is 18.2. The lowest BCUT2D eigenvalue weighted by atomic mass is 9.88. The molecule has 1 aliphatic heterocycles.